The van der Waals surface area contributed by atoms with Crippen LogP contribution in [-0.4, -0.2) is 30.4 Å². The average molecular weight is 236 g/mol. The molecule has 94 valence electrons. The predicted molar refractivity (Wildman–Crippen MR) is 67.9 cm³/mol. The summed E-state index contributed by atoms with van der Waals surface area (Å²) in [5.74, 6) is 0.974. The lowest BCUT2D eigenvalue weighted by Crippen LogP contribution is -2.23. The number of nitrogens with zero attached hydrogens (tertiary/aromatic N) is 1. The molecule has 0 atom stereocenters. The number of carbonyl (C=O) groups is 1. The van der Waals surface area contributed by atoms with Gasteiger partial charge in [-0.15, -0.1) is 6.58 Å². The molecule has 17 heavy (non-hydrogen) atoms. The monoisotopic (exact) mass is 236 g/mol. The highest BCUT2D eigenvalue weighted by atomic mass is 16.4. The van der Waals surface area contributed by atoms with E-state index in [1.54, 1.807) is 12.1 Å². The third-order valence-corrected chi connectivity index (χ3v) is 2.57. The van der Waals surface area contributed by atoms with E-state index < -0.39 is 0 Å². The molecular formula is C13H20N2O2. The van der Waals surface area contributed by atoms with Crippen LogP contribution >= 0.6 is 0 Å². The largest absolute Gasteiger partial charge is 0.455 e. The maximum Gasteiger partial charge on any atom is 0.287 e. The van der Waals surface area contributed by atoms with Crippen LogP contribution in [0.1, 0.15) is 30.2 Å². The van der Waals surface area contributed by atoms with Gasteiger partial charge in [-0.1, -0.05) is 19.9 Å². The molecule has 1 aromatic rings. The lowest BCUT2D eigenvalue weighted by Gasteiger charge is -2.15. The molecule has 0 bridgehead atoms. The summed E-state index contributed by atoms with van der Waals surface area (Å²) in [6.07, 6.45) is 1.64. The highest BCUT2D eigenvalue weighted by Crippen LogP contribution is 2.10. The number of rotatable bonds is 7. The van der Waals surface area contributed by atoms with Crippen LogP contribution in [0.5, 0.6) is 0 Å². The number of amides is 1. The Morgan fingerprint density at radius 1 is 1.47 bits per heavy atom. The minimum atomic E-state index is -0.198. The van der Waals surface area contributed by atoms with Gasteiger partial charge in [0.05, 0.1) is 6.54 Å². The van der Waals surface area contributed by atoms with Crippen LogP contribution in [0.4, 0.5) is 0 Å². The van der Waals surface area contributed by atoms with E-state index in [1.807, 2.05) is 6.07 Å². The van der Waals surface area contributed by atoms with Crippen molar-refractivity contribution in [1.82, 2.24) is 10.2 Å². The van der Waals surface area contributed by atoms with Crippen LogP contribution in [0, 0.1) is 0 Å². The van der Waals surface area contributed by atoms with E-state index in [1.165, 1.54) is 0 Å². The van der Waals surface area contributed by atoms with Crippen molar-refractivity contribution in [3.05, 3.63) is 36.3 Å². The first-order chi connectivity index (χ1) is 8.21. The number of carbonyl (C=O) groups excluding carboxylic acids is 1. The first-order valence-corrected chi connectivity index (χ1v) is 5.91. The maximum absolute atomic E-state index is 11.6. The standard InChI is InChI=1S/C13H20N2O2/c1-4-9-14-13(16)12-8-7-11(17-12)10-15(5-2)6-3/h4,7-8H,1,5-6,9-10H2,2-3H3,(H,14,16). The Morgan fingerprint density at radius 2 is 2.18 bits per heavy atom. The molecule has 4 nitrogen and oxygen atoms in total. The Hall–Kier alpha value is -1.55. The zero-order valence-electron chi connectivity index (χ0n) is 10.5. The van der Waals surface area contributed by atoms with E-state index in [4.69, 9.17) is 4.42 Å². The normalized spacial score (nSPS) is 10.5. The molecule has 1 heterocycles. The average Bonchev–Trinajstić information content (AvgIpc) is 2.81. The number of nitrogens with one attached hydrogen (secondary N) is 1. The van der Waals surface area contributed by atoms with Crippen LogP contribution in [0.15, 0.2) is 29.2 Å². The zero-order chi connectivity index (χ0) is 12.7. The highest BCUT2D eigenvalue weighted by Gasteiger charge is 2.11. The van der Waals surface area contributed by atoms with Gasteiger partial charge in [-0.2, -0.15) is 0 Å². The molecule has 0 aromatic carbocycles. The lowest BCUT2D eigenvalue weighted by molar-refractivity contribution is 0.0926. The molecule has 4 heteroatoms. The van der Waals surface area contributed by atoms with E-state index in [-0.39, 0.29) is 5.91 Å². The molecular weight excluding hydrogens is 216 g/mol. The minimum absolute atomic E-state index is 0.198. The smallest absolute Gasteiger partial charge is 0.287 e. The Kier molecular flexibility index (Phi) is 5.49. The molecule has 0 radical (unpaired) electrons. The Morgan fingerprint density at radius 3 is 2.76 bits per heavy atom. The van der Waals surface area contributed by atoms with Gasteiger partial charge in [0.25, 0.3) is 5.91 Å². The van der Waals surface area contributed by atoms with E-state index in [2.05, 4.69) is 30.6 Å². The van der Waals surface area contributed by atoms with Gasteiger partial charge in [0, 0.05) is 6.54 Å². The summed E-state index contributed by atoms with van der Waals surface area (Å²) < 4.78 is 5.49. The SMILES string of the molecule is C=CCNC(=O)c1ccc(CN(CC)CC)o1. The minimum Gasteiger partial charge on any atom is -0.455 e. The fourth-order valence-corrected chi connectivity index (χ4v) is 1.50. The molecule has 0 aliphatic carbocycles. The first-order valence-electron chi connectivity index (χ1n) is 5.91. The van der Waals surface area contributed by atoms with Crippen LogP contribution in [-0.2, 0) is 6.54 Å². The molecule has 1 aromatic heterocycles. The third kappa shape index (κ3) is 4.07. The quantitative estimate of drug-likeness (QED) is 0.737. The van der Waals surface area contributed by atoms with Gasteiger partial charge in [0.15, 0.2) is 5.76 Å². The van der Waals surface area contributed by atoms with Crippen molar-refractivity contribution in [2.75, 3.05) is 19.6 Å². The van der Waals surface area contributed by atoms with Crippen LogP contribution in [0.2, 0.25) is 0 Å². The Bertz CT molecular complexity index is 367. The second-order valence-electron chi connectivity index (χ2n) is 3.73. The predicted octanol–water partition coefficient (Wildman–Crippen LogP) is 2.04. The summed E-state index contributed by atoms with van der Waals surface area (Å²) in [4.78, 5) is 13.8. The van der Waals surface area contributed by atoms with Crippen molar-refractivity contribution >= 4 is 5.91 Å². The summed E-state index contributed by atoms with van der Waals surface area (Å²) in [6, 6.07) is 3.55. The molecule has 0 unspecified atom stereocenters. The van der Waals surface area contributed by atoms with Gasteiger partial charge < -0.3 is 9.73 Å². The van der Waals surface area contributed by atoms with E-state index in [0.29, 0.717) is 12.3 Å². The summed E-state index contributed by atoms with van der Waals surface area (Å²) in [6.45, 7) is 10.9. The molecule has 0 aliphatic heterocycles. The summed E-state index contributed by atoms with van der Waals surface area (Å²) in [5.41, 5.74) is 0. The van der Waals surface area contributed by atoms with Crippen molar-refractivity contribution in [2.24, 2.45) is 0 Å². The molecule has 1 amide bonds. The summed E-state index contributed by atoms with van der Waals surface area (Å²) in [5, 5.41) is 2.68. The topological polar surface area (TPSA) is 45.5 Å². The summed E-state index contributed by atoms with van der Waals surface area (Å²) >= 11 is 0. The number of hydrogen-bond donors (Lipinski definition) is 1. The van der Waals surface area contributed by atoms with Gasteiger partial charge in [0.1, 0.15) is 5.76 Å². The Labute approximate surface area is 102 Å². The molecule has 1 rings (SSSR count). The molecule has 0 fully saturated rings. The highest BCUT2D eigenvalue weighted by molar-refractivity contribution is 5.91. The Balaban J connectivity index is 2.58. The van der Waals surface area contributed by atoms with Gasteiger partial charge >= 0.3 is 0 Å². The third-order valence-electron chi connectivity index (χ3n) is 2.57. The second kappa shape index (κ2) is 6.91. The zero-order valence-corrected chi connectivity index (χ0v) is 10.5. The van der Waals surface area contributed by atoms with Crippen LogP contribution in [0.25, 0.3) is 0 Å². The van der Waals surface area contributed by atoms with Crippen molar-refractivity contribution in [3.8, 4) is 0 Å². The van der Waals surface area contributed by atoms with E-state index >= 15 is 0 Å². The molecule has 0 saturated heterocycles. The molecule has 0 spiro atoms. The number of hydrogen-bond acceptors (Lipinski definition) is 3. The van der Waals surface area contributed by atoms with Crippen LogP contribution < -0.4 is 5.32 Å². The fraction of sp³-hybridized carbons (Fsp3) is 0.462. The molecule has 0 aliphatic rings. The first kappa shape index (κ1) is 13.5. The van der Waals surface area contributed by atoms with Crippen LogP contribution in [0.3, 0.4) is 0 Å². The van der Waals surface area contributed by atoms with Crippen molar-refractivity contribution in [1.29, 1.82) is 0 Å². The van der Waals surface area contributed by atoms with E-state index in [9.17, 15) is 4.79 Å². The van der Waals surface area contributed by atoms with Gasteiger partial charge in [-0.3, -0.25) is 9.69 Å². The molecule has 1 N–H and O–H groups in total. The van der Waals surface area contributed by atoms with Gasteiger partial charge in [-0.25, -0.2) is 0 Å². The van der Waals surface area contributed by atoms with Gasteiger partial charge in [-0.05, 0) is 25.2 Å². The van der Waals surface area contributed by atoms with Crippen molar-refractivity contribution in [2.45, 2.75) is 20.4 Å². The van der Waals surface area contributed by atoms with Crippen molar-refractivity contribution < 1.29 is 9.21 Å². The van der Waals surface area contributed by atoms with E-state index in [0.717, 1.165) is 25.4 Å². The van der Waals surface area contributed by atoms with Gasteiger partial charge in [0.2, 0.25) is 0 Å². The second-order valence-corrected chi connectivity index (χ2v) is 3.73. The fourth-order valence-electron chi connectivity index (χ4n) is 1.50. The van der Waals surface area contributed by atoms with Crippen molar-refractivity contribution in [3.63, 3.8) is 0 Å². The summed E-state index contributed by atoms with van der Waals surface area (Å²) in [7, 11) is 0. The molecule has 0 saturated carbocycles. The number of furan rings is 1. The lowest BCUT2D eigenvalue weighted by atomic mass is 10.3. The maximum atomic E-state index is 11.6.